The zero-order valence-corrected chi connectivity index (χ0v) is 11.6. The summed E-state index contributed by atoms with van der Waals surface area (Å²) in [6, 6.07) is 0.486. The van der Waals surface area contributed by atoms with Gasteiger partial charge in [0.15, 0.2) is 0 Å². The third-order valence-corrected chi connectivity index (χ3v) is 3.39. The summed E-state index contributed by atoms with van der Waals surface area (Å²) in [7, 11) is 0. The van der Waals surface area contributed by atoms with Crippen molar-refractivity contribution in [1.29, 1.82) is 0 Å². The summed E-state index contributed by atoms with van der Waals surface area (Å²) in [6.45, 7) is 8.89. The lowest BCUT2D eigenvalue weighted by Crippen LogP contribution is -2.33. The van der Waals surface area contributed by atoms with Gasteiger partial charge in [-0.3, -0.25) is 4.57 Å². The van der Waals surface area contributed by atoms with Crippen LogP contribution in [0.15, 0.2) is 4.79 Å². The smallest absolute Gasteiger partial charge is 0.314 e. The Morgan fingerprint density at radius 3 is 2.78 bits per heavy atom. The van der Waals surface area contributed by atoms with Gasteiger partial charge in [-0.1, -0.05) is 20.8 Å². The fraction of sp³-hybridized carbons (Fsp3) is 0.846. The van der Waals surface area contributed by atoms with Crippen molar-refractivity contribution in [2.24, 2.45) is 5.92 Å². The second-order valence-electron chi connectivity index (χ2n) is 5.66. The Kier molecular flexibility index (Phi) is 4.22. The second-order valence-corrected chi connectivity index (χ2v) is 5.66. The molecule has 1 aromatic rings. The average molecular weight is 252 g/mol. The van der Waals surface area contributed by atoms with Crippen LogP contribution in [0, 0.1) is 5.92 Å². The van der Waals surface area contributed by atoms with Gasteiger partial charge >= 0.3 is 5.69 Å². The fourth-order valence-corrected chi connectivity index (χ4v) is 2.36. The van der Waals surface area contributed by atoms with Crippen LogP contribution in [0.2, 0.25) is 0 Å². The molecule has 102 valence electrons. The molecular weight excluding hydrogens is 228 g/mol. The Bertz CT molecular complexity index is 446. The molecule has 0 fully saturated rings. The number of nitrogens with zero attached hydrogens (tertiary/aromatic N) is 3. The van der Waals surface area contributed by atoms with Crippen LogP contribution >= 0.6 is 0 Å². The molecule has 0 radical (unpaired) electrons. The Morgan fingerprint density at radius 2 is 2.11 bits per heavy atom. The van der Waals surface area contributed by atoms with E-state index in [1.165, 1.54) is 0 Å². The maximum atomic E-state index is 12.1. The highest BCUT2D eigenvalue weighted by atomic mass is 16.2. The van der Waals surface area contributed by atoms with Gasteiger partial charge in [-0.25, -0.2) is 9.48 Å². The van der Waals surface area contributed by atoms with Crippen molar-refractivity contribution in [2.75, 3.05) is 6.54 Å². The van der Waals surface area contributed by atoms with Crippen molar-refractivity contribution >= 4 is 0 Å². The largest absolute Gasteiger partial charge is 0.345 e. The molecular formula is C13H24N4O. The van der Waals surface area contributed by atoms with Crippen molar-refractivity contribution in [2.45, 2.75) is 59.2 Å². The number of aromatic nitrogens is 3. The van der Waals surface area contributed by atoms with Crippen LogP contribution in [0.5, 0.6) is 0 Å². The lowest BCUT2D eigenvalue weighted by atomic mass is 10.2. The van der Waals surface area contributed by atoms with Gasteiger partial charge in [0.25, 0.3) is 0 Å². The van der Waals surface area contributed by atoms with Crippen LogP contribution in [-0.4, -0.2) is 26.9 Å². The quantitative estimate of drug-likeness (QED) is 0.851. The molecule has 1 atom stereocenters. The van der Waals surface area contributed by atoms with E-state index in [-0.39, 0.29) is 5.69 Å². The molecule has 5 nitrogen and oxygen atoms in total. The molecule has 0 spiro atoms. The molecule has 18 heavy (non-hydrogen) atoms. The highest BCUT2D eigenvalue weighted by Gasteiger charge is 2.17. The normalized spacial score (nSPS) is 16.9. The Labute approximate surface area is 108 Å². The number of fused-ring (bicyclic) bond motifs is 1. The van der Waals surface area contributed by atoms with Crippen LogP contribution < -0.4 is 11.0 Å². The van der Waals surface area contributed by atoms with Crippen LogP contribution in [0.25, 0.3) is 0 Å². The molecule has 0 aromatic carbocycles. The van der Waals surface area contributed by atoms with Gasteiger partial charge in [0, 0.05) is 19.0 Å². The van der Waals surface area contributed by atoms with E-state index in [2.05, 4.69) is 31.2 Å². The number of hydrogen-bond donors (Lipinski definition) is 1. The number of hydrogen-bond acceptors (Lipinski definition) is 3. The molecule has 0 aliphatic carbocycles. The molecule has 1 N–H and O–H groups in total. The van der Waals surface area contributed by atoms with E-state index >= 15 is 0 Å². The molecule has 1 aromatic heterocycles. The highest BCUT2D eigenvalue weighted by molar-refractivity contribution is 4.91. The molecule has 1 aliphatic heterocycles. The summed E-state index contributed by atoms with van der Waals surface area (Å²) in [5.41, 5.74) is 0.0705. The van der Waals surface area contributed by atoms with Gasteiger partial charge in [0.1, 0.15) is 5.82 Å². The van der Waals surface area contributed by atoms with Gasteiger partial charge in [-0.2, -0.15) is 5.10 Å². The van der Waals surface area contributed by atoms with Gasteiger partial charge < -0.3 is 5.32 Å². The third-order valence-electron chi connectivity index (χ3n) is 3.39. The van der Waals surface area contributed by atoms with Crippen LogP contribution in [0.4, 0.5) is 0 Å². The van der Waals surface area contributed by atoms with Crippen LogP contribution in [-0.2, 0) is 19.5 Å². The molecule has 1 unspecified atom stereocenters. The Hall–Kier alpha value is -1.10. The minimum Gasteiger partial charge on any atom is -0.314 e. The average Bonchev–Trinajstić information content (AvgIpc) is 2.65. The summed E-state index contributed by atoms with van der Waals surface area (Å²) in [4.78, 5) is 12.1. The van der Waals surface area contributed by atoms with Crippen molar-refractivity contribution in [3.05, 3.63) is 16.3 Å². The minimum absolute atomic E-state index is 0.0705. The fourth-order valence-electron chi connectivity index (χ4n) is 2.36. The molecule has 2 rings (SSSR count). The highest BCUT2D eigenvalue weighted by Crippen LogP contribution is 2.09. The molecule has 0 bridgehead atoms. The Morgan fingerprint density at radius 1 is 1.33 bits per heavy atom. The van der Waals surface area contributed by atoms with Crippen molar-refractivity contribution in [3.8, 4) is 0 Å². The molecule has 0 saturated carbocycles. The van der Waals surface area contributed by atoms with Crippen LogP contribution in [0.1, 0.15) is 39.4 Å². The predicted octanol–water partition coefficient (Wildman–Crippen LogP) is 1.02. The van der Waals surface area contributed by atoms with Crippen molar-refractivity contribution in [3.63, 3.8) is 0 Å². The standard InChI is InChI=1S/C13H24N4O/c1-10(2)14-8-11(3)9-17-13(18)16-7-5-4-6-12(16)15-17/h10-11,14H,4-9H2,1-3H3. The van der Waals surface area contributed by atoms with Crippen molar-refractivity contribution < 1.29 is 0 Å². The van der Waals surface area contributed by atoms with E-state index in [0.717, 1.165) is 38.2 Å². The zero-order chi connectivity index (χ0) is 13.1. The first-order chi connectivity index (χ1) is 8.58. The van der Waals surface area contributed by atoms with E-state index < -0.39 is 0 Å². The first-order valence-electron chi connectivity index (χ1n) is 6.98. The summed E-state index contributed by atoms with van der Waals surface area (Å²) in [6.07, 6.45) is 3.20. The second kappa shape index (κ2) is 5.69. The van der Waals surface area contributed by atoms with Crippen molar-refractivity contribution in [1.82, 2.24) is 19.7 Å². The minimum atomic E-state index is 0.0705. The third kappa shape index (κ3) is 3.02. The molecule has 0 saturated heterocycles. The molecule has 5 heteroatoms. The van der Waals surface area contributed by atoms with E-state index in [1.54, 1.807) is 4.68 Å². The summed E-state index contributed by atoms with van der Waals surface area (Å²) in [5, 5.41) is 7.85. The van der Waals surface area contributed by atoms with E-state index in [9.17, 15) is 4.79 Å². The SMILES string of the molecule is CC(CNC(C)C)Cn1nc2n(c1=O)CCCC2. The Balaban J connectivity index is 2.01. The summed E-state index contributed by atoms with van der Waals surface area (Å²) in [5.74, 6) is 1.39. The van der Waals surface area contributed by atoms with E-state index in [0.29, 0.717) is 18.5 Å². The zero-order valence-electron chi connectivity index (χ0n) is 11.6. The van der Waals surface area contributed by atoms with Crippen LogP contribution in [0.3, 0.4) is 0 Å². The van der Waals surface area contributed by atoms with E-state index in [1.807, 2.05) is 4.57 Å². The number of rotatable bonds is 5. The monoisotopic (exact) mass is 252 g/mol. The molecule has 0 amide bonds. The number of aryl methyl sites for hydroxylation is 1. The topological polar surface area (TPSA) is 51.9 Å². The maximum absolute atomic E-state index is 12.1. The number of nitrogens with one attached hydrogen (secondary N) is 1. The first kappa shape index (κ1) is 13.3. The van der Waals surface area contributed by atoms with Gasteiger partial charge in [-0.05, 0) is 25.3 Å². The van der Waals surface area contributed by atoms with Gasteiger partial charge in [0.05, 0.1) is 6.54 Å². The van der Waals surface area contributed by atoms with Gasteiger partial charge in [-0.15, -0.1) is 0 Å². The van der Waals surface area contributed by atoms with E-state index in [4.69, 9.17) is 0 Å². The van der Waals surface area contributed by atoms with Gasteiger partial charge in [0.2, 0.25) is 0 Å². The maximum Gasteiger partial charge on any atom is 0.345 e. The summed E-state index contributed by atoms with van der Waals surface area (Å²) >= 11 is 0. The summed E-state index contributed by atoms with van der Waals surface area (Å²) < 4.78 is 3.49. The molecule has 1 aliphatic rings. The lowest BCUT2D eigenvalue weighted by Gasteiger charge is -2.14. The lowest BCUT2D eigenvalue weighted by molar-refractivity contribution is 0.397. The predicted molar refractivity (Wildman–Crippen MR) is 71.7 cm³/mol. The molecule has 2 heterocycles. The first-order valence-corrected chi connectivity index (χ1v) is 6.98.